The van der Waals surface area contributed by atoms with Gasteiger partial charge in [0, 0.05) is 19.1 Å². The summed E-state index contributed by atoms with van der Waals surface area (Å²) in [6.45, 7) is 3.64. The zero-order valence-electron chi connectivity index (χ0n) is 14.5. The lowest BCUT2D eigenvalue weighted by Crippen LogP contribution is -2.44. The summed E-state index contributed by atoms with van der Waals surface area (Å²) >= 11 is 0. The summed E-state index contributed by atoms with van der Waals surface area (Å²) in [5.74, 6) is -0.785. The second kappa shape index (κ2) is 7.85. The molecule has 2 heterocycles. The standard InChI is InChI=1S/C18H22F2N2O3S/c1-2-26(23,24)21-13-8-10-22(11-9-13)12-14-6-7-17(25-14)15-4-3-5-16(19)18(15)20/h3-7,13,21H,2,8-12H2,1H3. The molecule has 0 amide bonds. The molecule has 0 bridgehead atoms. The summed E-state index contributed by atoms with van der Waals surface area (Å²) in [7, 11) is -3.18. The lowest BCUT2D eigenvalue weighted by atomic mass is 10.1. The molecule has 0 aliphatic carbocycles. The third-order valence-corrected chi connectivity index (χ3v) is 6.02. The first-order valence-corrected chi connectivity index (χ1v) is 10.3. The average Bonchev–Trinajstić information content (AvgIpc) is 3.07. The number of nitrogens with zero attached hydrogens (tertiary/aromatic N) is 1. The highest BCUT2D eigenvalue weighted by molar-refractivity contribution is 7.89. The number of halogens is 2. The number of piperidine rings is 1. The van der Waals surface area contributed by atoms with Crippen molar-refractivity contribution >= 4 is 10.0 Å². The van der Waals surface area contributed by atoms with Crippen molar-refractivity contribution in [3.63, 3.8) is 0 Å². The lowest BCUT2D eigenvalue weighted by Gasteiger charge is -2.31. The van der Waals surface area contributed by atoms with Crippen molar-refractivity contribution in [2.45, 2.75) is 32.4 Å². The molecule has 1 aromatic heterocycles. The molecule has 1 aliphatic rings. The maximum absolute atomic E-state index is 13.9. The number of sulfonamides is 1. The first-order valence-electron chi connectivity index (χ1n) is 8.63. The molecule has 5 nitrogen and oxygen atoms in total. The minimum absolute atomic E-state index is 0.0373. The predicted octanol–water partition coefficient (Wildman–Crippen LogP) is 3.13. The Hall–Kier alpha value is -1.77. The second-order valence-electron chi connectivity index (χ2n) is 6.44. The predicted molar refractivity (Wildman–Crippen MR) is 95.0 cm³/mol. The summed E-state index contributed by atoms with van der Waals surface area (Å²) in [6, 6.07) is 7.34. The summed E-state index contributed by atoms with van der Waals surface area (Å²) in [6.07, 6.45) is 1.46. The minimum Gasteiger partial charge on any atom is -0.460 e. The van der Waals surface area contributed by atoms with Crippen molar-refractivity contribution in [2.24, 2.45) is 0 Å². The van der Waals surface area contributed by atoms with E-state index < -0.39 is 21.7 Å². The van der Waals surface area contributed by atoms with Gasteiger partial charge in [-0.2, -0.15) is 0 Å². The maximum atomic E-state index is 13.9. The van der Waals surface area contributed by atoms with Crippen LogP contribution in [0.25, 0.3) is 11.3 Å². The number of nitrogens with one attached hydrogen (secondary N) is 1. The topological polar surface area (TPSA) is 62.6 Å². The molecule has 1 aliphatic heterocycles. The first kappa shape index (κ1) is 19.0. The fourth-order valence-electron chi connectivity index (χ4n) is 3.07. The van der Waals surface area contributed by atoms with Gasteiger partial charge in [-0.3, -0.25) is 4.90 Å². The maximum Gasteiger partial charge on any atom is 0.211 e. The van der Waals surface area contributed by atoms with Gasteiger partial charge in [-0.25, -0.2) is 21.9 Å². The van der Waals surface area contributed by atoms with Crippen LogP contribution in [0.3, 0.4) is 0 Å². The van der Waals surface area contributed by atoms with Gasteiger partial charge in [0.25, 0.3) is 0 Å². The van der Waals surface area contributed by atoms with Crippen LogP contribution in [-0.4, -0.2) is 38.2 Å². The number of rotatable bonds is 6. The van der Waals surface area contributed by atoms with E-state index in [2.05, 4.69) is 9.62 Å². The quantitative estimate of drug-likeness (QED) is 0.831. The Balaban J connectivity index is 1.58. The molecule has 0 atom stereocenters. The van der Waals surface area contributed by atoms with Crippen LogP contribution in [0.1, 0.15) is 25.5 Å². The summed E-state index contributed by atoms with van der Waals surface area (Å²) in [4.78, 5) is 2.15. The van der Waals surface area contributed by atoms with E-state index in [-0.39, 0.29) is 17.4 Å². The third kappa shape index (κ3) is 4.49. The Labute approximate surface area is 152 Å². The van der Waals surface area contributed by atoms with Crippen LogP contribution in [0.2, 0.25) is 0 Å². The van der Waals surface area contributed by atoms with Crippen molar-refractivity contribution in [1.29, 1.82) is 0 Å². The van der Waals surface area contributed by atoms with E-state index in [9.17, 15) is 17.2 Å². The Morgan fingerprint density at radius 2 is 1.92 bits per heavy atom. The van der Waals surface area contributed by atoms with Crippen molar-refractivity contribution in [1.82, 2.24) is 9.62 Å². The van der Waals surface area contributed by atoms with Gasteiger partial charge in [0.1, 0.15) is 11.5 Å². The highest BCUT2D eigenvalue weighted by Crippen LogP contribution is 2.27. The highest BCUT2D eigenvalue weighted by Gasteiger charge is 2.23. The van der Waals surface area contributed by atoms with Crippen LogP contribution >= 0.6 is 0 Å². The molecule has 0 radical (unpaired) electrons. The largest absolute Gasteiger partial charge is 0.460 e. The molecule has 0 saturated carbocycles. The van der Waals surface area contributed by atoms with Gasteiger partial charge in [-0.1, -0.05) is 6.07 Å². The Bertz CT molecular complexity index is 859. The van der Waals surface area contributed by atoms with Gasteiger partial charge >= 0.3 is 0 Å². The van der Waals surface area contributed by atoms with Crippen molar-refractivity contribution in [3.8, 4) is 11.3 Å². The van der Waals surface area contributed by atoms with E-state index in [4.69, 9.17) is 4.42 Å². The van der Waals surface area contributed by atoms with Gasteiger partial charge < -0.3 is 4.42 Å². The smallest absolute Gasteiger partial charge is 0.211 e. The number of hydrogen-bond donors (Lipinski definition) is 1. The van der Waals surface area contributed by atoms with Crippen molar-refractivity contribution in [2.75, 3.05) is 18.8 Å². The van der Waals surface area contributed by atoms with E-state index >= 15 is 0 Å². The van der Waals surface area contributed by atoms with Crippen molar-refractivity contribution < 1.29 is 21.6 Å². The molecule has 26 heavy (non-hydrogen) atoms. The van der Waals surface area contributed by atoms with Crippen LogP contribution in [0, 0.1) is 11.6 Å². The van der Waals surface area contributed by atoms with Gasteiger partial charge in [0.05, 0.1) is 17.9 Å². The fourth-order valence-corrected chi connectivity index (χ4v) is 3.98. The van der Waals surface area contributed by atoms with E-state index in [1.165, 1.54) is 12.1 Å². The van der Waals surface area contributed by atoms with E-state index in [1.54, 1.807) is 19.1 Å². The minimum atomic E-state index is -3.18. The molecule has 0 spiro atoms. The molecule has 2 aromatic rings. The van der Waals surface area contributed by atoms with Gasteiger partial charge in [0.15, 0.2) is 11.6 Å². The fraction of sp³-hybridized carbons (Fsp3) is 0.444. The Morgan fingerprint density at radius 3 is 2.62 bits per heavy atom. The number of hydrogen-bond acceptors (Lipinski definition) is 4. The molecule has 1 aromatic carbocycles. The van der Waals surface area contributed by atoms with Gasteiger partial charge in [-0.15, -0.1) is 0 Å². The van der Waals surface area contributed by atoms with Crippen LogP contribution in [0.15, 0.2) is 34.7 Å². The second-order valence-corrected chi connectivity index (χ2v) is 8.48. The number of furan rings is 1. The molecule has 1 fully saturated rings. The third-order valence-electron chi connectivity index (χ3n) is 4.57. The highest BCUT2D eigenvalue weighted by atomic mass is 32.2. The summed E-state index contributed by atoms with van der Waals surface area (Å²) in [5.41, 5.74) is 0.101. The Morgan fingerprint density at radius 1 is 1.19 bits per heavy atom. The lowest BCUT2D eigenvalue weighted by molar-refractivity contribution is 0.187. The van der Waals surface area contributed by atoms with E-state index in [0.29, 0.717) is 18.1 Å². The normalized spacial score (nSPS) is 16.9. The number of likely N-dealkylation sites (tertiary alicyclic amines) is 1. The summed E-state index contributed by atoms with van der Waals surface area (Å²) < 4.78 is 58.9. The Kier molecular flexibility index (Phi) is 5.74. The van der Waals surface area contributed by atoms with Crippen LogP contribution in [-0.2, 0) is 16.6 Å². The van der Waals surface area contributed by atoms with Crippen molar-refractivity contribution in [3.05, 3.63) is 47.7 Å². The zero-order valence-corrected chi connectivity index (χ0v) is 15.4. The van der Waals surface area contributed by atoms with Crippen LogP contribution in [0.4, 0.5) is 8.78 Å². The molecule has 1 N–H and O–H groups in total. The van der Waals surface area contributed by atoms with Crippen LogP contribution in [0.5, 0.6) is 0 Å². The average molecular weight is 384 g/mol. The molecule has 1 saturated heterocycles. The number of benzene rings is 1. The van der Waals surface area contributed by atoms with E-state index in [1.807, 2.05) is 0 Å². The molecule has 0 unspecified atom stereocenters. The van der Waals surface area contributed by atoms with Gasteiger partial charge in [0.2, 0.25) is 10.0 Å². The first-order chi connectivity index (χ1) is 12.4. The molecular formula is C18H22F2N2O3S. The monoisotopic (exact) mass is 384 g/mol. The van der Waals surface area contributed by atoms with Gasteiger partial charge in [-0.05, 0) is 44.0 Å². The molecule has 8 heteroatoms. The van der Waals surface area contributed by atoms with E-state index in [0.717, 1.165) is 32.0 Å². The SMILES string of the molecule is CCS(=O)(=O)NC1CCN(Cc2ccc(-c3cccc(F)c3F)o2)CC1. The zero-order chi connectivity index (χ0) is 18.7. The molecule has 142 valence electrons. The molecule has 3 rings (SSSR count). The molecular weight excluding hydrogens is 362 g/mol. The van der Waals surface area contributed by atoms with Crippen LogP contribution < -0.4 is 4.72 Å². The summed E-state index contributed by atoms with van der Waals surface area (Å²) in [5, 5.41) is 0.